The molecule has 0 unspecified atom stereocenters. The number of nitrogens with two attached hydrogens (primary N) is 1. The predicted molar refractivity (Wildman–Crippen MR) is 131 cm³/mol. The van der Waals surface area contributed by atoms with Crippen LogP contribution < -0.4 is 11.1 Å². The number of benzene rings is 2. The van der Waals surface area contributed by atoms with Gasteiger partial charge in [0.15, 0.2) is 11.5 Å². The van der Waals surface area contributed by atoms with Gasteiger partial charge in [0.05, 0.1) is 28.5 Å². The molecule has 5 aromatic rings. The minimum atomic E-state index is -0.474. The average molecular weight is 448 g/mol. The molecule has 3 N–H and O–H groups in total. The first-order chi connectivity index (χ1) is 16.6. The maximum atomic E-state index is 13.2. The molecule has 0 saturated heterocycles. The fourth-order valence-electron chi connectivity index (χ4n) is 3.90. The third-order valence-electron chi connectivity index (χ3n) is 5.44. The van der Waals surface area contributed by atoms with E-state index in [2.05, 4.69) is 27.2 Å². The van der Waals surface area contributed by atoms with Crippen LogP contribution in [0.25, 0.3) is 27.9 Å². The Morgan fingerprint density at radius 2 is 1.91 bits per heavy atom. The van der Waals surface area contributed by atoms with Crippen LogP contribution in [0.15, 0.2) is 67.0 Å². The van der Waals surface area contributed by atoms with E-state index in [0.717, 1.165) is 11.1 Å². The SMILES string of the molecule is CC#Cc1cccc2nc([C@@H](C)NC(=O)c3c(N)nn4cccnc34)c(-c3ccccc3)nc12. The van der Waals surface area contributed by atoms with Crippen molar-refractivity contribution >= 4 is 28.4 Å². The Kier molecular flexibility index (Phi) is 5.36. The molecule has 0 aliphatic rings. The number of hydrogen-bond donors (Lipinski definition) is 2. The van der Waals surface area contributed by atoms with E-state index in [4.69, 9.17) is 15.7 Å². The Labute approximate surface area is 195 Å². The summed E-state index contributed by atoms with van der Waals surface area (Å²) >= 11 is 0. The molecule has 1 atom stereocenters. The highest BCUT2D eigenvalue weighted by molar-refractivity contribution is 6.04. The largest absolute Gasteiger partial charge is 0.381 e. The normalized spacial score (nSPS) is 11.7. The van der Waals surface area contributed by atoms with Crippen LogP contribution in [-0.4, -0.2) is 30.5 Å². The first kappa shape index (κ1) is 21.1. The fourth-order valence-corrected chi connectivity index (χ4v) is 3.90. The second-order valence-corrected chi connectivity index (χ2v) is 7.72. The Balaban J connectivity index is 1.61. The van der Waals surface area contributed by atoms with E-state index < -0.39 is 6.04 Å². The zero-order valence-corrected chi connectivity index (χ0v) is 18.6. The van der Waals surface area contributed by atoms with Crippen molar-refractivity contribution in [2.75, 3.05) is 5.73 Å². The molecule has 8 heteroatoms. The van der Waals surface area contributed by atoms with Gasteiger partial charge in [-0.3, -0.25) is 4.79 Å². The van der Waals surface area contributed by atoms with Crippen molar-refractivity contribution in [2.24, 2.45) is 0 Å². The van der Waals surface area contributed by atoms with Crippen molar-refractivity contribution in [2.45, 2.75) is 19.9 Å². The molecular formula is C26H21N7O. The summed E-state index contributed by atoms with van der Waals surface area (Å²) in [7, 11) is 0. The Morgan fingerprint density at radius 3 is 2.71 bits per heavy atom. The zero-order valence-electron chi connectivity index (χ0n) is 18.6. The molecule has 0 bridgehead atoms. The third kappa shape index (κ3) is 3.69. The van der Waals surface area contributed by atoms with Crippen LogP contribution in [0, 0.1) is 11.8 Å². The van der Waals surface area contributed by atoms with Crippen LogP contribution in [0.4, 0.5) is 5.82 Å². The molecule has 3 heterocycles. The number of nitrogen functional groups attached to an aromatic ring is 1. The van der Waals surface area contributed by atoms with Gasteiger partial charge in [0, 0.05) is 18.0 Å². The second-order valence-electron chi connectivity index (χ2n) is 7.72. The Morgan fingerprint density at radius 1 is 1.09 bits per heavy atom. The smallest absolute Gasteiger partial charge is 0.259 e. The van der Waals surface area contributed by atoms with E-state index >= 15 is 0 Å². The lowest BCUT2D eigenvalue weighted by Gasteiger charge is -2.18. The molecule has 0 radical (unpaired) electrons. The molecule has 34 heavy (non-hydrogen) atoms. The fraction of sp³-hybridized carbons (Fsp3) is 0.115. The first-order valence-corrected chi connectivity index (χ1v) is 10.8. The van der Waals surface area contributed by atoms with E-state index in [1.165, 1.54) is 4.52 Å². The zero-order chi connectivity index (χ0) is 23.7. The number of rotatable bonds is 4. The van der Waals surface area contributed by atoms with Crippen LogP contribution in [0.3, 0.4) is 0 Å². The molecule has 0 aliphatic carbocycles. The number of aromatic nitrogens is 5. The van der Waals surface area contributed by atoms with Crippen LogP contribution in [0.5, 0.6) is 0 Å². The number of para-hydroxylation sites is 1. The molecule has 0 spiro atoms. The van der Waals surface area contributed by atoms with Gasteiger partial charge in [-0.25, -0.2) is 19.5 Å². The average Bonchev–Trinajstić information content (AvgIpc) is 3.20. The van der Waals surface area contributed by atoms with E-state index in [-0.39, 0.29) is 17.3 Å². The molecule has 0 aliphatic heterocycles. The van der Waals surface area contributed by atoms with Gasteiger partial charge in [-0.15, -0.1) is 11.0 Å². The second kappa shape index (κ2) is 8.64. The molecule has 0 saturated carbocycles. The van der Waals surface area contributed by atoms with E-state index in [1.54, 1.807) is 25.4 Å². The van der Waals surface area contributed by atoms with Gasteiger partial charge < -0.3 is 11.1 Å². The number of amides is 1. The van der Waals surface area contributed by atoms with Gasteiger partial charge in [0.1, 0.15) is 11.1 Å². The monoisotopic (exact) mass is 447 g/mol. The molecular weight excluding hydrogens is 426 g/mol. The number of carbonyl (C=O) groups excluding carboxylic acids is 1. The molecule has 0 fully saturated rings. The molecule has 1 amide bonds. The maximum absolute atomic E-state index is 13.2. The van der Waals surface area contributed by atoms with Gasteiger partial charge in [0.2, 0.25) is 0 Å². The van der Waals surface area contributed by atoms with Crippen molar-refractivity contribution in [1.29, 1.82) is 0 Å². The van der Waals surface area contributed by atoms with E-state index in [0.29, 0.717) is 28.1 Å². The van der Waals surface area contributed by atoms with Gasteiger partial charge >= 0.3 is 0 Å². The van der Waals surface area contributed by atoms with Crippen LogP contribution >= 0.6 is 0 Å². The highest BCUT2D eigenvalue weighted by Gasteiger charge is 2.24. The summed E-state index contributed by atoms with van der Waals surface area (Å²) in [4.78, 5) is 27.3. The summed E-state index contributed by atoms with van der Waals surface area (Å²) in [5.41, 5.74) is 11.1. The number of hydrogen-bond acceptors (Lipinski definition) is 6. The minimum Gasteiger partial charge on any atom is -0.381 e. The number of carbonyl (C=O) groups is 1. The summed E-state index contributed by atoms with van der Waals surface area (Å²) in [6.07, 6.45) is 3.29. The number of nitrogens with one attached hydrogen (secondary N) is 1. The lowest BCUT2D eigenvalue weighted by Crippen LogP contribution is -2.28. The van der Waals surface area contributed by atoms with Crippen LogP contribution in [0.1, 0.15) is 41.5 Å². The molecule has 166 valence electrons. The Hall–Kier alpha value is -4.77. The van der Waals surface area contributed by atoms with E-state index in [1.807, 2.05) is 55.5 Å². The standard InChI is InChI=1S/C26H21N7O/c1-3-9-17-12-7-13-19-22(17)31-23(18-10-5-4-6-11-18)21(30-19)16(2)29-26(34)20-24(27)32-33-15-8-14-28-25(20)33/h4-8,10-16H,1-2H3,(H2,27,32)(H,29,34)/t16-/m1/s1. The maximum Gasteiger partial charge on any atom is 0.259 e. The van der Waals surface area contributed by atoms with Crippen molar-refractivity contribution in [3.63, 3.8) is 0 Å². The number of anilines is 1. The minimum absolute atomic E-state index is 0.110. The number of nitrogens with zero attached hydrogens (tertiary/aromatic N) is 5. The summed E-state index contributed by atoms with van der Waals surface area (Å²) in [6, 6.07) is 16.7. The van der Waals surface area contributed by atoms with Crippen molar-refractivity contribution in [3.05, 3.63) is 83.8 Å². The van der Waals surface area contributed by atoms with Crippen LogP contribution in [0.2, 0.25) is 0 Å². The summed E-state index contributed by atoms with van der Waals surface area (Å²) in [5, 5.41) is 7.18. The van der Waals surface area contributed by atoms with Crippen molar-refractivity contribution in [1.82, 2.24) is 29.9 Å². The highest BCUT2D eigenvalue weighted by Crippen LogP contribution is 2.29. The lowest BCUT2D eigenvalue weighted by atomic mass is 10.0. The highest BCUT2D eigenvalue weighted by atomic mass is 16.1. The van der Waals surface area contributed by atoms with Gasteiger partial charge in [-0.2, -0.15) is 0 Å². The summed E-state index contributed by atoms with van der Waals surface area (Å²) in [6.45, 7) is 3.66. The van der Waals surface area contributed by atoms with E-state index in [9.17, 15) is 4.79 Å². The Bertz CT molecular complexity index is 1600. The summed E-state index contributed by atoms with van der Waals surface area (Å²) in [5.74, 6) is 5.76. The molecule has 5 rings (SSSR count). The predicted octanol–water partition coefficient (Wildman–Crippen LogP) is 3.78. The quantitative estimate of drug-likeness (QED) is 0.406. The van der Waals surface area contributed by atoms with Gasteiger partial charge in [0.25, 0.3) is 5.91 Å². The van der Waals surface area contributed by atoms with Crippen molar-refractivity contribution in [3.8, 4) is 23.1 Å². The summed E-state index contributed by atoms with van der Waals surface area (Å²) < 4.78 is 1.48. The molecule has 8 nitrogen and oxygen atoms in total. The molecule has 2 aromatic carbocycles. The third-order valence-corrected chi connectivity index (χ3v) is 5.44. The molecule has 3 aromatic heterocycles. The number of fused-ring (bicyclic) bond motifs is 2. The lowest BCUT2D eigenvalue weighted by molar-refractivity contribution is 0.0941. The van der Waals surface area contributed by atoms with Gasteiger partial charge in [-0.05, 0) is 32.0 Å². The topological polar surface area (TPSA) is 111 Å². The first-order valence-electron chi connectivity index (χ1n) is 10.8. The van der Waals surface area contributed by atoms with Crippen LogP contribution in [-0.2, 0) is 0 Å². The van der Waals surface area contributed by atoms with Crippen molar-refractivity contribution < 1.29 is 4.79 Å². The van der Waals surface area contributed by atoms with Gasteiger partial charge in [-0.1, -0.05) is 42.3 Å².